The Bertz CT molecular complexity index is 798. The van der Waals surface area contributed by atoms with Gasteiger partial charge in [0.2, 0.25) is 5.89 Å². The van der Waals surface area contributed by atoms with Crippen LogP contribution in [-0.2, 0) is 6.54 Å². The molecule has 3 aromatic heterocycles. The van der Waals surface area contributed by atoms with Crippen molar-refractivity contribution in [3.63, 3.8) is 0 Å². The van der Waals surface area contributed by atoms with Gasteiger partial charge in [-0.05, 0) is 38.4 Å². The van der Waals surface area contributed by atoms with Crippen LogP contribution in [0.1, 0.15) is 42.8 Å². The normalized spacial score (nSPS) is 18.8. The van der Waals surface area contributed by atoms with Crippen molar-refractivity contribution in [3.05, 3.63) is 48.1 Å². The monoisotopic (exact) mass is 325 g/mol. The molecule has 4 heterocycles. The Kier molecular flexibility index (Phi) is 4.08. The van der Waals surface area contributed by atoms with Gasteiger partial charge in [0, 0.05) is 24.0 Å². The van der Waals surface area contributed by atoms with Crippen molar-refractivity contribution in [2.45, 2.75) is 38.8 Å². The summed E-state index contributed by atoms with van der Waals surface area (Å²) in [5.41, 5.74) is 1.76. The molecule has 0 aliphatic carbocycles. The molecule has 0 unspecified atom stereocenters. The molecular weight excluding hydrogens is 306 g/mol. The van der Waals surface area contributed by atoms with Gasteiger partial charge in [-0.2, -0.15) is 4.98 Å². The first-order chi connectivity index (χ1) is 11.8. The predicted octanol–water partition coefficient (Wildman–Crippen LogP) is 3.16. The first kappa shape index (κ1) is 15.0. The van der Waals surface area contributed by atoms with E-state index in [9.17, 15) is 0 Å². The van der Waals surface area contributed by atoms with Crippen molar-refractivity contribution in [2.24, 2.45) is 0 Å². The lowest BCUT2D eigenvalue weighted by Gasteiger charge is -2.32. The third kappa shape index (κ3) is 3.07. The van der Waals surface area contributed by atoms with Gasteiger partial charge in [-0.1, -0.05) is 16.7 Å². The Labute approximate surface area is 139 Å². The summed E-state index contributed by atoms with van der Waals surface area (Å²) in [6.07, 6.45) is 6.88. The van der Waals surface area contributed by atoms with Gasteiger partial charge in [0.05, 0.1) is 12.6 Å². The van der Waals surface area contributed by atoms with Gasteiger partial charge >= 0.3 is 0 Å². The molecular formula is C17H19N5O2. The van der Waals surface area contributed by atoms with E-state index in [4.69, 9.17) is 9.05 Å². The molecule has 4 rings (SSSR count). The predicted molar refractivity (Wildman–Crippen MR) is 85.8 cm³/mol. The molecule has 1 atom stereocenters. The van der Waals surface area contributed by atoms with E-state index in [0.29, 0.717) is 18.3 Å². The van der Waals surface area contributed by atoms with Gasteiger partial charge in [-0.3, -0.25) is 9.88 Å². The number of likely N-dealkylation sites (tertiary alicyclic amines) is 1. The number of piperidine rings is 1. The summed E-state index contributed by atoms with van der Waals surface area (Å²) in [4.78, 5) is 10.8. The van der Waals surface area contributed by atoms with Crippen molar-refractivity contribution in [2.75, 3.05) is 6.54 Å². The number of aryl methyl sites for hydroxylation is 1. The first-order valence-corrected chi connectivity index (χ1v) is 8.20. The van der Waals surface area contributed by atoms with E-state index < -0.39 is 0 Å². The average molecular weight is 325 g/mol. The summed E-state index contributed by atoms with van der Waals surface area (Å²) >= 11 is 0. The smallest absolute Gasteiger partial charge is 0.243 e. The van der Waals surface area contributed by atoms with E-state index in [1.54, 1.807) is 12.4 Å². The zero-order chi connectivity index (χ0) is 16.4. The average Bonchev–Trinajstić information content (AvgIpc) is 3.25. The fourth-order valence-electron chi connectivity index (χ4n) is 3.15. The number of nitrogens with zero attached hydrogens (tertiary/aromatic N) is 5. The Balaban J connectivity index is 1.52. The lowest BCUT2D eigenvalue weighted by Crippen LogP contribution is -2.33. The van der Waals surface area contributed by atoms with E-state index in [2.05, 4.69) is 25.2 Å². The Morgan fingerprint density at radius 2 is 2.21 bits per heavy atom. The number of hydrogen-bond acceptors (Lipinski definition) is 7. The second-order valence-electron chi connectivity index (χ2n) is 6.08. The van der Waals surface area contributed by atoms with E-state index in [0.717, 1.165) is 36.4 Å². The van der Waals surface area contributed by atoms with Crippen LogP contribution < -0.4 is 0 Å². The topological polar surface area (TPSA) is 81.1 Å². The molecule has 0 bridgehead atoms. The van der Waals surface area contributed by atoms with Gasteiger partial charge in [0.25, 0.3) is 0 Å². The van der Waals surface area contributed by atoms with Crippen molar-refractivity contribution in [1.29, 1.82) is 0 Å². The summed E-state index contributed by atoms with van der Waals surface area (Å²) in [6, 6.07) is 5.98. The summed E-state index contributed by atoms with van der Waals surface area (Å²) < 4.78 is 10.9. The van der Waals surface area contributed by atoms with Gasteiger partial charge in [-0.25, -0.2) is 0 Å². The third-order valence-electron chi connectivity index (χ3n) is 4.32. The summed E-state index contributed by atoms with van der Waals surface area (Å²) in [7, 11) is 0. The highest BCUT2D eigenvalue weighted by Gasteiger charge is 2.29. The summed E-state index contributed by atoms with van der Waals surface area (Å²) in [5, 5.41) is 8.08. The maximum absolute atomic E-state index is 5.53. The number of aromatic nitrogens is 4. The lowest BCUT2D eigenvalue weighted by molar-refractivity contribution is 0.101. The van der Waals surface area contributed by atoms with Gasteiger partial charge in [0.1, 0.15) is 5.69 Å². The van der Waals surface area contributed by atoms with Gasteiger partial charge in [0.15, 0.2) is 11.6 Å². The molecule has 1 aliphatic rings. The Morgan fingerprint density at radius 3 is 3.00 bits per heavy atom. The lowest BCUT2D eigenvalue weighted by atomic mass is 10.0. The molecule has 124 valence electrons. The molecule has 3 aromatic rings. The summed E-state index contributed by atoms with van der Waals surface area (Å²) in [5.74, 6) is 2.20. The molecule has 1 saturated heterocycles. The molecule has 0 radical (unpaired) electrons. The zero-order valence-corrected chi connectivity index (χ0v) is 13.6. The minimum Gasteiger partial charge on any atom is -0.359 e. The highest BCUT2D eigenvalue weighted by Crippen LogP contribution is 2.31. The largest absolute Gasteiger partial charge is 0.359 e. The molecule has 1 fully saturated rings. The van der Waals surface area contributed by atoms with Crippen LogP contribution in [0.4, 0.5) is 0 Å². The van der Waals surface area contributed by atoms with E-state index >= 15 is 0 Å². The molecule has 24 heavy (non-hydrogen) atoms. The second-order valence-corrected chi connectivity index (χ2v) is 6.08. The van der Waals surface area contributed by atoms with Gasteiger partial charge < -0.3 is 9.05 Å². The standard InChI is InChI=1S/C17H19N5O2/c1-12-19-17(24-20-12)16-6-2-3-8-22(16)11-14-9-15(21-23-14)13-5-4-7-18-10-13/h4-5,7,9-10,16H,2-3,6,8,11H2,1H3/t16-/m1/s1. The fourth-order valence-corrected chi connectivity index (χ4v) is 3.15. The molecule has 0 saturated carbocycles. The molecule has 0 spiro atoms. The van der Waals surface area contributed by atoms with E-state index in [1.807, 2.05) is 25.1 Å². The first-order valence-electron chi connectivity index (χ1n) is 8.20. The fraction of sp³-hybridized carbons (Fsp3) is 0.412. The van der Waals surface area contributed by atoms with Crippen LogP contribution in [0.2, 0.25) is 0 Å². The summed E-state index contributed by atoms with van der Waals surface area (Å²) in [6.45, 7) is 3.51. The van der Waals surface area contributed by atoms with Crippen LogP contribution in [0.25, 0.3) is 11.3 Å². The molecule has 7 heteroatoms. The molecule has 0 aromatic carbocycles. The molecule has 1 aliphatic heterocycles. The van der Waals surface area contributed by atoms with E-state index in [-0.39, 0.29) is 6.04 Å². The van der Waals surface area contributed by atoms with E-state index in [1.165, 1.54) is 6.42 Å². The van der Waals surface area contributed by atoms with Crippen LogP contribution in [0.5, 0.6) is 0 Å². The van der Waals surface area contributed by atoms with Crippen molar-refractivity contribution >= 4 is 0 Å². The number of rotatable bonds is 4. The number of hydrogen-bond donors (Lipinski definition) is 0. The molecule has 0 amide bonds. The maximum atomic E-state index is 5.53. The SMILES string of the molecule is Cc1noc([C@H]2CCCCN2Cc2cc(-c3cccnc3)no2)n1. The quantitative estimate of drug-likeness (QED) is 0.728. The highest BCUT2D eigenvalue weighted by atomic mass is 16.5. The Hall–Kier alpha value is -2.54. The number of pyridine rings is 1. The highest BCUT2D eigenvalue weighted by molar-refractivity contribution is 5.57. The minimum atomic E-state index is 0.145. The third-order valence-corrected chi connectivity index (χ3v) is 4.32. The van der Waals surface area contributed by atoms with Crippen molar-refractivity contribution < 1.29 is 9.05 Å². The van der Waals surface area contributed by atoms with Crippen molar-refractivity contribution in [3.8, 4) is 11.3 Å². The second kappa shape index (κ2) is 6.52. The molecule has 7 nitrogen and oxygen atoms in total. The zero-order valence-electron chi connectivity index (χ0n) is 13.6. The van der Waals surface area contributed by atoms with Gasteiger partial charge in [-0.15, -0.1) is 0 Å². The Morgan fingerprint density at radius 1 is 1.25 bits per heavy atom. The van der Waals surface area contributed by atoms with Crippen LogP contribution in [-0.4, -0.2) is 31.7 Å². The minimum absolute atomic E-state index is 0.145. The molecule has 0 N–H and O–H groups in total. The van der Waals surface area contributed by atoms with Crippen molar-refractivity contribution in [1.82, 2.24) is 25.2 Å². The van der Waals surface area contributed by atoms with Crippen LogP contribution in [0, 0.1) is 6.92 Å². The van der Waals surface area contributed by atoms with Crippen LogP contribution in [0.3, 0.4) is 0 Å². The maximum Gasteiger partial charge on any atom is 0.243 e. The van der Waals surface area contributed by atoms with Crippen LogP contribution >= 0.6 is 0 Å². The van der Waals surface area contributed by atoms with Crippen LogP contribution in [0.15, 0.2) is 39.6 Å².